The van der Waals surface area contributed by atoms with Crippen LogP contribution in [0.4, 0.5) is 11.4 Å². The molecule has 2 aromatic rings. The van der Waals surface area contributed by atoms with Gasteiger partial charge in [-0.15, -0.1) is 11.3 Å². The summed E-state index contributed by atoms with van der Waals surface area (Å²) in [5.41, 5.74) is 2.90. The number of rotatable bonds is 7. The molecule has 6 nitrogen and oxygen atoms in total. The number of benzene rings is 1. The topological polar surface area (TPSA) is 77.3 Å². The number of nitrogens with zero attached hydrogens (tertiary/aromatic N) is 2. The fraction of sp³-hybridized carbons (Fsp3) is 0.214. The minimum Gasteiger partial charge on any atom is -0.494 e. The molecule has 1 N–H and O–H groups in total. The number of nitro benzene ring substituents is 1. The summed E-state index contributed by atoms with van der Waals surface area (Å²) in [4.78, 5) is 15.6. The van der Waals surface area contributed by atoms with Gasteiger partial charge in [0.25, 0.3) is 5.69 Å². The molecule has 0 bridgehead atoms. The molecule has 0 fully saturated rings. The number of ether oxygens (including phenoxy) is 1. The molecule has 0 saturated carbocycles. The van der Waals surface area contributed by atoms with Gasteiger partial charge in [-0.25, -0.2) is 0 Å². The van der Waals surface area contributed by atoms with Crippen LogP contribution in [0.3, 0.4) is 0 Å². The Kier molecular flexibility index (Phi) is 4.89. The van der Waals surface area contributed by atoms with Crippen LogP contribution in [0.25, 0.3) is 5.76 Å². The number of anilines is 1. The second-order valence-electron chi connectivity index (χ2n) is 4.17. The van der Waals surface area contributed by atoms with E-state index in [4.69, 9.17) is 4.74 Å². The smallest absolute Gasteiger partial charge is 0.292 e. The van der Waals surface area contributed by atoms with Gasteiger partial charge in [-0.05, 0) is 19.1 Å². The first-order valence-corrected chi connectivity index (χ1v) is 7.21. The highest BCUT2D eigenvalue weighted by Gasteiger charge is 2.15. The largest absolute Gasteiger partial charge is 0.494 e. The fourth-order valence-electron chi connectivity index (χ4n) is 1.78. The molecule has 0 aliphatic heterocycles. The van der Waals surface area contributed by atoms with Crippen molar-refractivity contribution in [3.8, 4) is 0 Å². The number of hydrogen-bond donors (Lipinski definition) is 1. The average Bonchev–Trinajstić information content (AvgIpc) is 2.98. The quantitative estimate of drug-likeness (QED) is 0.480. The zero-order valence-corrected chi connectivity index (χ0v) is 12.4. The maximum Gasteiger partial charge on any atom is 0.292 e. The number of thiazole rings is 1. The Hall–Kier alpha value is -2.41. The number of nitrogens with one attached hydrogen (secondary N) is 1. The van der Waals surface area contributed by atoms with E-state index < -0.39 is 4.92 Å². The zero-order valence-electron chi connectivity index (χ0n) is 11.5. The van der Waals surface area contributed by atoms with E-state index in [1.54, 1.807) is 23.8 Å². The van der Waals surface area contributed by atoms with Gasteiger partial charge >= 0.3 is 0 Å². The zero-order chi connectivity index (χ0) is 15.2. The summed E-state index contributed by atoms with van der Waals surface area (Å²) in [7, 11) is 0. The Morgan fingerprint density at radius 1 is 1.57 bits per heavy atom. The van der Waals surface area contributed by atoms with Crippen LogP contribution in [0.5, 0.6) is 0 Å². The molecule has 0 amide bonds. The third-order valence-corrected chi connectivity index (χ3v) is 3.55. The van der Waals surface area contributed by atoms with Crippen molar-refractivity contribution in [3.63, 3.8) is 0 Å². The number of nitro groups is 1. The minimum atomic E-state index is -0.414. The molecule has 1 aromatic heterocycles. The summed E-state index contributed by atoms with van der Waals surface area (Å²) >= 11 is 1.49. The van der Waals surface area contributed by atoms with Crippen LogP contribution in [0.15, 0.2) is 36.5 Å². The number of aromatic nitrogens is 1. The van der Waals surface area contributed by atoms with Gasteiger partial charge in [0.05, 0.1) is 23.6 Å². The third kappa shape index (κ3) is 3.79. The summed E-state index contributed by atoms with van der Waals surface area (Å²) < 4.78 is 5.33. The maximum atomic E-state index is 11.1. The van der Waals surface area contributed by atoms with Crippen molar-refractivity contribution in [1.82, 2.24) is 4.98 Å². The van der Waals surface area contributed by atoms with Crippen molar-refractivity contribution in [1.29, 1.82) is 0 Å². The van der Waals surface area contributed by atoms with Crippen molar-refractivity contribution < 1.29 is 9.66 Å². The van der Waals surface area contributed by atoms with Crippen LogP contribution >= 0.6 is 11.3 Å². The molecule has 110 valence electrons. The lowest BCUT2D eigenvalue weighted by Crippen LogP contribution is -2.02. The highest BCUT2D eigenvalue weighted by Crippen LogP contribution is 2.29. The maximum absolute atomic E-state index is 11.1. The highest BCUT2D eigenvalue weighted by atomic mass is 32.1. The SMILES string of the molecule is C=C(OCC)c1ccc([N+](=O)[O-])c(NCc2cncs2)c1. The predicted octanol–water partition coefficient (Wildman–Crippen LogP) is 3.67. The molecule has 1 heterocycles. The van der Waals surface area contributed by atoms with E-state index >= 15 is 0 Å². The predicted molar refractivity (Wildman–Crippen MR) is 83.2 cm³/mol. The second-order valence-corrected chi connectivity index (χ2v) is 5.14. The first kappa shape index (κ1) is 15.0. The Bertz CT molecular complexity index is 641. The van der Waals surface area contributed by atoms with Crippen molar-refractivity contribution in [2.24, 2.45) is 0 Å². The Labute approximate surface area is 126 Å². The summed E-state index contributed by atoms with van der Waals surface area (Å²) in [5.74, 6) is 0.494. The molecule has 0 radical (unpaired) electrons. The molecule has 0 aliphatic carbocycles. The first-order chi connectivity index (χ1) is 10.1. The summed E-state index contributed by atoms with van der Waals surface area (Å²) in [6.07, 6.45) is 1.73. The lowest BCUT2D eigenvalue weighted by molar-refractivity contribution is -0.384. The van der Waals surface area contributed by atoms with E-state index in [2.05, 4.69) is 16.9 Å². The molecule has 1 aromatic carbocycles. The summed E-state index contributed by atoms with van der Waals surface area (Å²) in [5, 5.41) is 14.2. The van der Waals surface area contributed by atoms with E-state index in [-0.39, 0.29) is 5.69 Å². The van der Waals surface area contributed by atoms with Gasteiger partial charge in [-0.2, -0.15) is 0 Å². The molecular weight excluding hydrogens is 290 g/mol. The van der Waals surface area contributed by atoms with Crippen LogP contribution < -0.4 is 5.32 Å². The Morgan fingerprint density at radius 2 is 2.38 bits per heavy atom. The lowest BCUT2D eigenvalue weighted by atomic mass is 10.1. The Balaban J connectivity index is 2.24. The van der Waals surface area contributed by atoms with Gasteiger partial charge < -0.3 is 10.1 Å². The van der Waals surface area contributed by atoms with Crippen molar-refractivity contribution in [2.45, 2.75) is 13.5 Å². The van der Waals surface area contributed by atoms with E-state index in [1.165, 1.54) is 17.4 Å². The van der Waals surface area contributed by atoms with Gasteiger partial charge in [0, 0.05) is 22.7 Å². The molecule has 0 spiro atoms. The fourth-order valence-corrected chi connectivity index (χ4v) is 2.31. The first-order valence-electron chi connectivity index (χ1n) is 6.33. The van der Waals surface area contributed by atoms with E-state index in [1.807, 2.05) is 6.92 Å². The van der Waals surface area contributed by atoms with Crippen molar-refractivity contribution in [2.75, 3.05) is 11.9 Å². The van der Waals surface area contributed by atoms with Crippen LogP contribution in [0, 0.1) is 10.1 Å². The molecule has 0 atom stereocenters. The molecular formula is C14H15N3O3S. The lowest BCUT2D eigenvalue weighted by Gasteiger charge is -2.10. The Morgan fingerprint density at radius 3 is 3.00 bits per heavy atom. The van der Waals surface area contributed by atoms with Crippen LogP contribution in [0.1, 0.15) is 17.4 Å². The molecule has 7 heteroatoms. The van der Waals surface area contributed by atoms with Crippen molar-refractivity contribution in [3.05, 3.63) is 57.0 Å². The van der Waals surface area contributed by atoms with E-state index in [0.717, 1.165) is 4.88 Å². The van der Waals surface area contributed by atoms with Gasteiger partial charge in [0.1, 0.15) is 11.4 Å². The van der Waals surface area contributed by atoms with Gasteiger partial charge in [-0.1, -0.05) is 6.58 Å². The van der Waals surface area contributed by atoms with Gasteiger partial charge in [0.2, 0.25) is 0 Å². The van der Waals surface area contributed by atoms with E-state index in [9.17, 15) is 10.1 Å². The normalized spacial score (nSPS) is 10.1. The van der Waals surface area contributed by atoms with E-state index in [0.29, 0.717) is 30.2 Å². The van der Waals surface area contributed by atoms with Gasteiger partial charge in [0.15, 0.2) is 0 Å². The average molecular weight is 305 g/mol. The van der Waals surface area contributed by atoms with Crippen LogP contribution in [0.2, 0.25) is 0 Å². The molecule has 0 unspecified atom stereocenters. The summed E-state index contributed by atoms with van der Waals surface area (Å²) in [6, 6.07) is 4.76. The standard InChI is InChI=1S/C14H15N3O3S/c1-3-20-10(2)11-4-5-14(17(18)19)13(6-11)16-8-12-7-15-9-21-12/h4-7,9,16H,2-3,8H2,1H3. The molecule has 0 aliphatic rings. The van der Waals surface area contributed by atoms with Crippen LogP contribution in [-0.4, -0.2) is 16.5 Å². The molecule has 2 rings (SSSR count). The number of hydrogen-bond acceptors (Lipinski definition) is 6. The van der Waals surface area contributed by atoms with Crippen LogP contribution in [-0.2, 0) is 11.3 Å². The molecule has 0 saturated heterocycles. The van der Waals surface area contributed by atoms with Gasteiger partial charge in [-0.3, -0.25) is 15.1 Å². The second kappa shape index (κ2) is 6.85. The minimum absolute atomic E-state index is 0.0209. The highest BCUT2D eigenvalue weighted by molar-refractivity contribution is 7.09. The van der Waals surface area contributed by atoms with Crippen molar-refractivity contribution >= 4 is 28.5 Å². The molecule has 21 heavy (non-hydrogen) atoms. The third-order valence-electron chi connectivity index (χ3n) is 2.77. The monoisotopic (exact) mass is 305 g/mol. The summed E-state index contributed by atoms with van der Waals surface area (Å²) in [6.45, 7) is 6.65.